The topological polar surface area (TPSA) is 58.1 Å². The van der Waals surface area contributed by atoms with Gasteiger partial charge in [-0.1, -0.05) is 73.0 Å². The molecule has 5 nitrogen and oxygen atoms in total. The number of hydrogen-bond acceptors (Lipinski definition) is 5. The van der Waals surface area contributed by atoms with Crippen LogP contribution in [-0.2, 0) is 0 Å². The van der Waals surface area contributed by atoms with Gasteiger partial charge in [0, 0.05) is 6.54 Å². The van der Waals surface area contributed by atoms with Crippen LogP contribution in [0.2, 0.25) is 5.02 Å². The van der Waals surface area contributed by atoms with Gasteiger partial charge in [-0.15, -0.1) is 0 Å². The lowest BCUT2D eigenvalue weighted by Gasteiger charge is -2.31. The molecule has 0 unspecified atom stereocenters. The van der Waals surface area contributed by atoms with Gasteiger partial charge < -0.3 is 5.32 Å². The first-order valence-corrected chi connectivity index (χ1v) is 11.7. The van der Waals surface area contributed by atoms with Crippen LogP contribution in [0.25, 0.3) is 0 Å². The van der Waals surface area contributed by atoms with Crippen molar-refractivity contribution >= 4 is 29.3 Å². The molecule has 1 aliphatic rings. The third-order valence-electron chi connectivity index (χ3n) is 5.21. The van der Waals surface area contributed by atoms with Crippen molar-refractivity contribution in [1.82, 2.24) is 20.2 Å². The monoisotopic (exact) mass is 432 g/mol. The minimum Gasteiger partial charge on any atom is -0.349 e. The number of rotatable bonds is 7. The molecule has 2 heterocycles. The standard InChI is InChI=1S/C22H29ClN4OS/c1-3-29-22-25-14-18(23)20(26-22)21(28)24-15-19(17-10-8-16(2)9-11-17)27-12-6-4-5-7-13-27/h8-11,14,19H,3-7,12-13,15H2,1-2H3,(H,24,28)/t19-/m1/s1. The minimum atomic E-state index is -0.248. The van der Waals surface area contributed by atoms with Crippen molar-refractivity contribution in [3.05, 3.63) is 52.3 Å². The summed E-state index contributed by atoms with van der Waals surface area (Å²) in [5.41, 5.74) is 2.71. The van der Waals surface area contributed by atoms with E-state index in [-0.39, 0.29) is 22.7 Å². The van der Waals surface area contributed by atoms with E-state index in [9.17, 15) is 4.79 Å². The van der Waals surface area contributed by atoms with E-state index >= 15 is 0 Å². The van der Waals surface area contributed by atoms with E-state index in [1.165, 1.54) is 54.8 Å². The first-order valence-electron chi connectivity index (χ1n) is 10.3. The number of carbonyl (C=O) groups is 1. The number of amides is 1. The Hall–Kier alpha value is -1.63. The van der Waals surface area contributed by atoms with E-state index in [0.717, 1.165) is 18.8 Å². The molecular formula is C22H29ClN4OS. The van der Waals surface area contributed by atoms with Gasteiger partial charge in [-0.3, -0.25) is 9.69 Å². The second kappa shape index (κ2) is 11.0. The van der Waals surface area contributed by atoms with Gasteiger partial charge in [-0.25, -0.2) is 9.97 Å². The molecule has 0 saturated carbocycles. The van der Waals surface area contributed by atoms with E-state index in [2.05, 4.69) is 51.4 Å². The largest absolute Gasteiger partial charge is 0.349 e. The highest BCUT2D eigenvalue weighted by Gasteiger charge is 2.23. The number of benzene rings is 1. The first kappa shape index (κ1) is 22.1. The SMILES string of the molecule is CCSc1ncc(Cl)c(C(=O)NC[C@H](c2ccc(C)cc2)N2CCCCCC2)n1. The van der Waals surface area contributed by atoms with Gasteiger partial charge in [0.25, 0.3) is 5.91 Å². The molecule has 1 N–H and O–H groups in total. The number of aromatic nitrogens is 2. The molecule has 0 aliphatic carbocycles. The normalized spacial score (nSPS) is 16.2. The summed E-state index contributed by atoms with van der Waals surface area (Å²) in [5.74, 6) is 0.593. The van der Waals surface area contributed by atoms with E-state index in [1.54, 1.807) is 0 Å². The van der Waals surface area contributed by atoms with Gasteiger partial charge >= 0.3 is 0 Å². The number of thioether (sulfide) groups is 1. The fraction of sp³-hybridized carbons (Fsp3) is 0.500. The number of likely N-dealkylation sites (tertiary alicyclic amines) is 1. The molecule has 1 aliphatic heterocycles. The molecule has 3 rings (SSSR count). The van der Waals surface area contributed by atoms with Gasteiger partial charge in [0.2, 0.25) is 0 Å². The molecule has 1 amide bonds. The van der Waals surface area contributed by atoms with Crippen LogP contribution in [-0.4, -0.2) is 46.2 Å². The Bertz CT molecular complexity index is 807. The summed E-state index contributed by atoms with van der Waals surface area (Å²) < 4.78 is 0. The van der Waals surface area contributed by atoms with Crippen LogP contribution >= 0.6 is 23.4 Å². The third-order valence-corrected chi connectivity index (χ3v) is 6.23. The number of halogens is 1. The molecule has 7 heteroatoms. The van der Waals surface area contributed by atoms with Crippen LogP contribution in [0.3, 0.4) is 0 Å². The highest BCUT2D eigenvalue weighted by molar-refractivity contribution is 7.99. The Balaban J connectivity index is 1.76. The number of aryl methyl sites for hydroxylation is 1. The zero-order valence-electron chi connectivity index (χ0n) is 17.2. The average Bonchev–Trinajstić information content (AvgIpc) is 3.00. The number of carbonyl (C=O) groups excluding carboxylic acids is 1. The molecule has 29 heavy (non-hydrogen) atoms. The molecule has 0 spiro atoms. The van der Waals surface area contributed by atoms with Crippen molar-refractivity contribution in [2.45, 2.75) is 50.7 Å². The van der Waals surface area contributed by atoms with Crippen LogP contribution in [0.15, 0.2) is 35.6 Å². The fourth-order valence-electron chi connectivity index (χ4n) is 3.64. The lowest BCUT2D eigenvalue weighted by molar-refractivity contribution is 0.0927. The van der Waals surface area contributed by atoms with E-state index in [1.807, 2.05) is 6.92 Å². The van der Waals surface area contributed by atoms with Crippen LogP contribution < -0.4 is 5.32 Å². The molecule has 1 aromatic heterocycles. The maximum atomic E-state index is 12.8. The van der Waals surface area contributed by atoms with Crippen LogP contribution in [0.5, 0.6) is 0 Å². The maximum Gasteiger partial charge on any atom is 0.271 e. The zero-order valence-corrected chi connectivity index (χ0v) is 18.7. The van der Waals surface area contributed by atoms with Crippen molar-refractivity contribution in [1.29, 1.82) is 0 Å². The molecule has 2 aromatic rings. The van der Waals surface area contributed by atoms with Crippen molar-refractivity contribution < 1.29 is 4.79 Å². The third kappa shape index (κ3) is 6.17. The summed E-state index contributed by atoms with van der Waals surface area (Å²) in [4.78, 5) is 23.9. The first-order chi connectivity index (χ1) is 14.1. The van der Waals surface area contributed by atoms with Crippen molar-refractivity contribution in [3.8, 4) is 0 Å². The van der Waals surface area contributed by atoms with E-state index in [0.29, 0.717) is 11.7 Å². The lowest BCUT2D eigenvalue weighted by atomic mass is 10.0. The van der Waals surface area contributed by atoms with Crippen LogP contribution in [0, 0.1) is 6.92 Å². The molecule has 1 fully saturated rings. The van der Waals surface area contributed by atoms with Gasteiger partial charge in [0.1, 0.15) is 0 Å². The summed E-state index contributed by atoms with van der Waals surface area (Å²) in [5, 5.41) is 3.93. The number of hydrogen-bond donors (Lipinski definition) is 1. The van der Waals surface area contributed by atoms with E-state index < -0.39 is 0 Å². The second-order valence-electron chi connectivity index (χ2n) is 7.37. The predicted octanol–water partition coefficient (Wildman–Crippen LogP) is 4.90. The van der Waals surface area contributed by atoms with Crippen LogP contribution in [0.1, 0.15) is 60.3 Å². The highest BCUT2D eigenvalue weighted by Crippen LogP contribution is 2.25. The summed E-state index contributed by atoms with van der Waals surface area (Å²) in [6.45, 7) is 6.75. The molecular weight excluding hydrogens is 404 g/mol. The zero-order chi connectivity index (χ0) is 20.6. The van der Waals surface area contributed by atoms with Crippen molar-refractivity contribution in [3.63, 3.8) is 0 Å². The smallest absolute Gasteiger partial charge is 0.271 e. The highest BCUT2D eigenvalue weighted by atomic mass is 35.5. The molecule has 1 aromatic carbocycles. The summed E-state index contributed by atoms with van der Waals surface area (Å²) >= 11 is 7.70. The number of nitrogens with zero attached hydrogens (tertiary/aromatic N) is 3. The van der Waals surface area contributed by atoms with Crippen molar-refractivity contribution in [2.75, 3.05) is 25.4 Å². The summed E-state index contributed by atoms with van der Waals surface area (Å²) in [6.07, 6.45) is 6.46. The number of nitrogens with one attached hydrogen (secondary N) is 1. The van der Waals surface area contributed by atoms with Gasteiger partial charge in [-0.05, 0) is 44.2 Å². The molecule has 1 saturated heterocycles. The molecule has 0 bridgehead atoms. The van der Waals surface area contributed by atoms with E-state index in [4.69, 9.17) is 11.6 Å². The van der Waals surface area contributed by atoms with Gasteiger partial charge in [0.05, 0.1) is 17.3 Å². The van der Waals surface area contributed by atoms with Crippen LogP contribution in [0.4, 0.5) is 0 Å². The Labute approximate surface area is 182 Å². The van der Waals surface area contributed by atoms with Crippen molar-refractivity contribution in [2.24, 2.45) is 0 Å². The predicted molar refractivity (Wildman–Crippen MR) is 120 cm³/mol. The Morgan fingerprint density at radius 3 is 2.55 bits per heavy atom. The Kier molecular flexibility index (Phi) is 8.33. The fourth-order valence-corrected chi connectivity index (χ4v) is 4.35. The minimum absolute atomic E-state index is 0.141. The second-order valence-corrected chi connectivity index (χ2v) is 9.01. The maximum absolute atomic E-state index is 12.8. The Morgan fingerprint density at radius 1 is 1.21 bits per heavy atom. The average molecular weight is 433 g/mol. The molecule has 1 atom stereocenters. The Morgan fingerprint density at radius 2 is 1.90 bits per heavy atom. The van der Waals surface area contributed by atoms with Gasteiger partial charge in [0.15, 0.2) is 10.9 Å². The summed E-state index contributed by atoms with van der Waals surface area (Å²) in [7, 11) is 0. The molecule has 156 valence electrons. The summed E-state index contributed by atoms with van der Waals surface area (Å²) in [6, 6.07) is 8.76. The van der Waals surface area contributed by atoms with Gasteiger partial charge in [-0.2, -0.15) is 0 Å². The quantitative estimate of drug-likeness (QED) is 0.498. The molecule has 0 radical (unpaired) electrons. The lowest BCUT2D eigenvalue weighted by Crippen LogP contribution is -2.39.